The fourth-order valence-corrected chi connectivity index (χ4v) is 4.44. The molecule has 4 aromatic rings. The summed E-state index contributed by atoms with van der Waals surface area (Å²) in [5, 5.41) is 3.92. The largest absolute Gasteiger partial charge is 0.586 e. The summed E-state index contributed by atoms with van der Waals surface area (Å²) in [5.74, 6) is -0.467. The van der Waals surface area contributed by atoms with Gasteiger partial charge in [-0.1, -0.05) is 53.7 Å². The summed E-state index contributed by atoms with van der Waals surface area (Å²) in [6, 6.07) is 19.5. The number of rotatable bonds is 6. The molecular formula is C23H16ClF2N3O3S. The van der Waals surface area contributed by atoms with Gasteiger partial charge in [0.1, 0.15) is 0 Å². The molecule has 0 bridgehead atoms. The van der Waals surface area contributed by atoms with Gasteiger partial charge in [0.2, 0.25) is 5.91 Å². The SMILES string of the molecule is O=C(CSc1nc2cc(Cl)ccc2n1Cc1ccccc1)Nc1ccc2c(c1)OC(F)(F)O2. The van der Waals surface area contributed by atoms with E-state index in [1.807, 2.05) is 41.0 Å². The maximum Gasteiger partial charge on any atom is 0.586 e. The summed E-state index contributed by atoms with van der Waals surface area (Å²) < 4.78 is 37.2. The van der Waals surface area contributed by atoms with E-state index in [9.17, 15) is 13.6 Å². The number of alkyl halides is 2. The summed E-state index contributed by atoms with van der Waals surface area (Å²) >= 11 is 7.40. The Morgan fingerprint density at radius 2 is 1.85 bits per heavy atom. The Morgan fingerprint density at radius 1 is 1.06 bits per heavy atom. The summed E-state index contributed by atoms with van der Waals surface area (Å²) in [6.45, 7) is 0.583. The lowest BCUT2D eigenvalue weighted by atomic mass is 10.2. The number of halogens is 3. The lowest BCUT2D eigenvalue weighted by Crippen LogP contribution is -2.25. The molecule has 6 nitrogen and oxygen atoms in total. The topological polar surface area (TPSA) is 65.4 Å². The number of imidazole rings is 1. The van der Waals surface area contributed by atoms with E-state index in [1.165, 1.54) is 30.0 Å². The molecule has 0 aliphatic carbocycles. The van der Waals surface area contributed by atoms with Crippen molar-refractivity contribution in [2.75, 3.05) is 11.1 Å². The molecule has 0 fully saturated rings. The van der Waals surface area contributed by atoms with E-state index >= 15 is 0 Å². The number of hydrogen-bond donors (Lipinski definition) is 1. The maximum absolute atomic E-state index is 13.2. The second kappa shape index (κ2) is 8.57. The number of nitrogens with zero attached hydrogens (tertiary/aromatic N) is 2. The van der Waals surface area contributed by atoms with Crippen LogP contribution in [0.2, 0.25) is 5.02 Å². The minimum Gasteiger partial charge on any atom is -0.395 e. The molecule has 5 rings (SSSR count). The Hall–Kier alpha value is -3.30. The number of anilines is 1. The highest BCUT2D eigenvalue weighted by Crippen LogP contribution is 2.42. The van der Waals surface area contributed by atoms with Gasteiger partial charge in [0.25, 0.3) is 0 Å². The Balaban J connectivity index is 1.32. The molecule has 0 unspecified atom stereocenters. The van der Waals surface area contributed by atoms with Crippen molar-refractivity contribution < 1.29 is 23.0 Å². The van der Waals surface area contributed by atoms with Gasteiger partial charge < -0.3 is 19.4 Å². The van der Waals surface area contributed by atoms with Crippen molar-refractivity contribution in [3.63, 3.8) is 0 Å². The smallest absolute Gasteiger partial charge is 0.395 e. The van der Waals surface area contributed by atoms with Crippen molar-refractivity contribution in [2.45, 2.75) is 18.0 Å². The predicted octanol–water partition coefficient (Wildman–Crippen LogP) is 5.79. The number of ether oxygens (including phenoxy) is 2. The average Bonchev–Trinajstić information content (AvgIpc) is 3.27. The lowest BCUT2D eigenvalue weighted by molar-refractivity contribution is -0.286. The Labute approximate surface area is 196 Å². The van der Waals surface area contributed by atoms with Crippen LogP contribution in [0.25, 0.3) is 11.0 Å². The first kappa shape index (κ1) is 21.5. The molecule has 168 valence electrons. The predicted molar refractivity (Wildman–Crippen MR) is 122 cm³/mol. The summed E-state index contributed by atoms with van der Waals surface area (Å²) in [4.78, 5) is 17.2. The van der Waals surface area contributed by atoms with E-state index < -0.39 is 6.29 Å². The maximum atomic E-state index is 13.2. The fraction of sp³-hybridized carbons (Fsp3) is 0.130. The zero-order valence-electron chi connectivity index (χ0n) is 16.9. The molecule has 1 N–H and O–H groups in total. The minimum absolute atomic E-state index is 0.0659. The third-order valence-corrected chi connectivity index (χ3v) is 6.09. The summed E-state index contributed by atoms with van der Waals surface area (Å²) in [7, 11) is 0. The molecule has 10 heteroatoms. The molecule has 0 radical (unpaired) electrons. The second-order valence-electron chi connectivity index (χ2n) is 7.27. The van der Waals surface area contributed by atoms with Gasteiger partial charge in [-0.2, -0.15) is 0 Å². The fourth-order valence-electron chi connectivity index (χ4n) is 3.46. The van der Waals surface area contributed by atoms with Crippen molar-refractivity contribution >= 4 is 46.0 Å². The minimum atomic E-state index is -3.71. The number of hydrogen-bond acceptors (Lipinski definition) is 5. The Bertz CT molecular complexity index is 1350. The van der Waals surface area contributed by atoms with Gasteiger partial charge in [-0.05, 0) is 35.9 Å². The van der Waals surface area contributed by atoms with Gasteiger partial charge in [-0.3, -0.25) is 4.79 Å². The van der Waals surface area contributed by atoms with Gasteiger partial charge in [-0.25, -0.2) is 4.98 Å². The van der Waals surface area contributed by atoms with Crippen molar-refractivity contribution in [3.8, 4) is 11.5 Å². The monoisotopic (exact) mass is 487 g/mol. The van der Waals surface area contributed by atoms with Crippen molar-refractivity contribution in [1.82, 2.24) is 9.55 Å². The molecular weight excluding hydrogens is 472 g/mol. The quantitative estimate of drug-likeness (QED) is 0.349. The van der Waals surface area contributed by atoms with Crippen molar-refractivity contribution in [1.29, 1.82) is 0 Å². The molecule has 33 heavy (non-hydrogen) atoms. The molecule has 0 saturated heterocycles. The Morgan fingerprint density at radius 3 is 2.67 bits per heavy atom. The van der Waals surface area contributed by atoms with E-state index in [0.29, 0.717) is 22.4 Å². The van der Waals surface area contributed by atoms with Crippen LogP contribution in [0.5, 0.6) is 11.5 Å². The first-order chi connectivity index (χ1) is 15.9. The molecule has 0 saturated carbocycles. The van der Waals surface area contributed by atoms with Gasteiger partial charge >= 0.3 is 6.29 Å². The van der Waals surface area contributed by atoms with E-state index in [-0.39, 0.29) is 23.2 Å². The van der Waals surface area contributed by atoms with Crippen LogP contribution in [-0.4, -0.2) is 27.5 Å². The van der Waals surface area contributed by atoms with E-state index in [1.54, 1.807) is 12.1 Å². The number of thioether (sulfide) groups is 1. The number of carbonyl (C=O) groups is 1. The average molecular weight is 488 g/mol. The lowest BCUT2D eigenvalue weighted by Gasteiger charge is -2.10. The van der Waals surface area contributed by atoms with Crippen LogP contribution in [0.3, 0.4) is 0 Å². The third-order valence-electron chi connectivity index (χ3n) is 4.88. The third kappa shape index (κ3) is 4.74. The van der Waals surface area contributed by atoms with E-state index in [0.717, 1.165) is 16.6 Å². The second-order valence-corrected chi connectivity index (χ2v) is 8.64. The van der Waals surface area contributed by atoms with Gasteiger partial charge in [0.15, 0.2) is 16.7 Å². The van der Waals surface area contributed by atoms with Crippen LogP contribution < -0.4 is 14.8 Å². The van der Waals surface area contributed by atoms with E-state index in [2.05, 4.69) is 19.8 Å². The summed E-state index contributed by atoms with van der Waals surface area (Å²) in [6.07, 6.45) is -3.71. The Kier molecular flexibility index (Phi) is 5.59. The number of carbonyl (C=O) groups excluding carboxylic acids is 1. The number of aromatic nitrogens is 2. The van der Waals surface area contributed by atoms with Crippen LogP contribution in [0.1, 0.15) is 5.56 Å². The zero-order valence-corrected chi connectivity index (χ0v) is 18.5. The molecule has 1 amide bonds. The number of benzene rings is 3. The number of amides is 1. The van der Waals surface area contributed by atoms with Crippen LogP contribution in [0.15, 0.2) is 71.9 Å². The first-order valence-corrected chi connectivity index (χ1v) is 11.2. The highest BCUT2D eigenvalue weighted by atomic mass is 35.5. The normalized spacial score (nSPS) is 13.9. The van der Waals surface area contributed by atoms with Crippen LogP contribution in [0, 0.1) is 0 Å². The molecule has 2 heterocycles. The molecule has 0 spiro atoms. The van der Waals surface area contributed by atoms with Crippen LogP contribution in [-0.2, 0) is 11.3 Å². The molecule has 1 aliphatic rings. The zero-order chi connectivity index (χ0) is 23.0. The number of nitrogens with one attached hydrogen (secondary N) is 1. The number of fused-ring (bicyclic) bond motifs is 2. The molecule has 3 aromatic carbocycles. The summed E-state index contributed by atoms with van der Waals surface area (Å²) in [5.41, 5.74) is 3.06. The highest BCUT2D eigenvalue weighted by Gasteiger charge is 2.43. The standard InChI is InChI=1S/C23H16ClF2N3O3S/c24-15-6-8-18-17(10-15)28-22(29(18)12-14-4-2-1-3-5-14)33-13-21(30)27-16-7-9-19-20(11-16)32-23(25,26)31-19/h1-11H,12-13H2,(H,27,30). The van der Waals surface area contributed by atoms with Crippen molar-refractivity contribution in [3.05, 3.63) is 77.3 Å². The van der Waals surface area contributed by atoms with E-state index in [4.69, 9.17) is 11.6 Å². The first-order valence-electron chi connectivity index (χ1n) is 9.88. The molecule has 1 aromatic heterocycles. The van der Waals surface area contributed by atoms with Crippen LogP contribution >= 0.6 is 23.4 Å². The van der Waals surface area contributed by atoms with Gasteiger partial charge in [0, 0.05) is 16.8 Å². The van der Waals surface area contributed by atoms with Gasteiger partial charge in [-0.15, -0.1) is 8.78 Å². The van der Waals surface area contributed by atoms with Crippen LogP contribution in [0.4, 0.5) is 14.5 Å². The molecule has 0 atom stereocenters. The van der Waals surface area contributed by atoms with Crippen molar-refractivity contribution in [2.24, 2.45) is 0 Å². The van der Waals surface area contributed by atoms with Gasteiger partial charge in [0.05, 0.1) is 23.3 Å². The molecule has 1 aliphatic heterocycles. The highest BCUT2D eigenvalue weighted by molar-refractivity contribution is 7.99.